The number of hydrogen-bond acceptors (Lipinski definition) is 5. The highest BCUT2D eigenvalue weighted by Gasteiger charge is 2.32. The maximum absolute atomic E-state index is 13.2. The Balaban J connectivity index is 1.80. The van der Waals surface area contributed by atoms with Gasteiger partial charge in [0.1, 0.15) is 10.6 Å². The summed E-state index contributed by atoms with van der Waals surface area (Å²) >= 11 is 0. The lowest BCUT2D eigenvalue weighted by atomic mass is 9.91. The van der Waals surface area contributed by atoms with Crippen LogP contribution in [0.5, 0.6) is 5.75 Å². The van der Waals surface area contributed by atoms with Crippen LogP contribution in [0.4, 0.5) is 0 Å². The van der Waals surface area contributed by atoms with Gasteiger partial charge in [0.15, 0.2) is 0 Å². The molecule has 0 unspecified atom stereocenters. The Morgan fingerprint density at radius 3 is 2.27 bits per heavy atom. The molecule has 8 heteroatoms. The Morgan fingerprint density at radius 1 is 1.07 bits per heavy atom. The number of sulfonamides is 1. The van der Waals surface area contributed by atoms with E-state index in [4.69, 9.17) is 0 Å². The minimum absolute atomic E-state index is 0.0183. The Morgan fingerprint density at radius 2 is 1.73 bits per heavy atom. The summed E-state index contributed by atoms with van der Waals surface area (Å²) in [6, 6.07) is 6.82. The number of nitrogens with zero attached hydrogens (tertiary/aromatic N) is 3. The zero-order chi connectivity index (χ0) is 22.1. The fourth-order valence-electron chi connectivity index (χ4n) is 3.57. The molecule has 0 aliphatic carbocycles. The topological polar surface area (TPSA) is 90.8 Å². The van der Waals surface area contributed by atoms with Crippen molar-refractivity contribution < 1.29 is 18.3 Å². The van der Waals surface area contributed by atoms with Crippen LogP contribution in [0.25, 0.3) is 0 Å². The molecule has 0 bridgehead atoms. The van der Waals surface area contributed by atoms with Crippen molar-refractivity contribution in [3.8, 4) is 5.75 Å². The smallest absolute Gasteiger partial charge is 0.257 e. The molecule has 1 aliphatic rings. The van der Waals surface area contributed by atoms with E-state index in [0.717, 1.165) is 11.1 Å². The number of phenols is 1. The lowest BCUT2D eigenvalue weighted by molar-refractivity contribution is 0.0694. The minimum Gasteiger partial charge on any atom is -0.507 e. The molecule has 162 valence electrons. The summed E-state index contributed by atoms with van der Waals surface area (Å²) in [4.78, 5) is 18.8. The van der Waals surface area contributed by atoms with Gasteiger partial charge < -0.3 is 10.0 Å². The molecule has 1 aliphatic heterocycles. The lowest BCUT2D eigenvalue weighted by Gasteiger charge is -2.34. The van der Waals surface area contributed by atoms with Gasteiger partial charge in [-0.2, -0.15) is 4.31 Å². The van der Waals surface area contributed by atoms with Crippen molar-refractivity contribution in [2.75, 3.05) is 26.2 Å². The molecule has 0 spiro atoms. The van der Waals surface area contributed by atoms with Crippen LogP contribution >= 0.6 is 0 Å². The van der Waals surface area contributed by atoms with Gasteiger partial charge in [0, 0.05) is 38.6 Å². The van der Waals surface area contributed by atoms with Crippen molar-refractivity contribution in [2.45, 2.75) is 44.4 Å². The van der Waals surface area contributed by atoms with Crippen LogP contribution in [0.15, 0.2) is 41.6 Å². The molecule has 2 heterocycles. The highest BCUT2D eigenvalue weighted by atomic mass is 32.2. The summed E-state index contributed by atoms with van der Waals surface area (Å²) in [6.07, 6.45) is 2.86. The number of hydrogen-bond donors (Lipinski definition) is 1. The molecule has 0 radical (unpaired) electrons. The third-order valence-corrected chi connectivity index (χ3v) is 7.36. The number of phenolic OH excluding ortho intramolecular Hbond substituents is 1. The van der Waals surface area contributed by atoms with Crippen molar-refractivity contribution in [3.05, 3.63) is 53.3 Å². The highest BCUT2D eigenvalue weighted by Crippen LogP contribution is 2.34. The number of piperazine rings is 1. The van der Waals surface area contributed by atoms with Gasteiger partial charge in [-0.05, 0) is 41.2 Å². The molecule has 1 N–H and O–H groups in total. The third kappa shape index (κ3) is 4.34. The first-order valence-electron chi connectivity index (χ1n) is 10.2. The second-order valence-electron chi connectivity index (χ2n) is 8.20. The van der Waals surface area contributed by atoms with Crippen molar-refractivity contribution >= 4 is 15.9 Å². The Bertz CT molecular complexity index is 1010. The molecule has 1 fully saturated rings. The number of pyridine rings is 1. The highest BCUT2D eigenvalue weighted by molar-refractivity contribution is 7.89. The van der Waals surface area contributed by atoms with Gasteiger partial charge in [0.25, 0.3) is 5.91 Å². The van der Waals surface area contributed by atoms with E-state index in [9.17, 15) is 18.3 Å². The van der Waals surface area contributed by atoms with E-state index in [2.05, 4.69) is 4.98 Å². The molecule has 1 saturated heterocycles. The standard InChI is InChI=1S/C22H29N3O4S/c1-15(2)17-12-19(16(3)4)21(26)20(13-17)22(27)24-8-10-25(11-9-24)30(28,29)18-6-5-7-23-14-18/h5-7,12-16,26H,8-11H2,1-4H3. The summed E-state index contributed by atoms with van der Waals surface area (Å²) < 4.78 is 26.9. The molecule has 7 nitrogen and oxygen atoms in total. The molecular weight excluding hydrogens is 402 g/mol. The van der Waals surface area contributed by atoms with Gasteiger partial charge in [-0.1, -0.05) is 33.8 Å². The Hall–Kier alpha value is -2.45. The summed E-state index contributed by atoms with van der Waals surface area (Å²) in [5.74, 6) is 0.0491. The molecule has 30 heavy (non-hydrogen) atoms. The zero-order valence-corrected chi connectivity index (χ0v) is 18.7. The molecule has 1 amide bonds. The van der Waals surface area contributed by atoms with E-state index in [1.54, 1.807) is 17.0 Å². The van der Waals surface area contributed by atoms with E-state index in [1.807, 2.05) is 33.8 Å². The fourth-order valence-corrected chi connectivity index (χ4v) is 4.95. The first-order chi connectivity index (χ1) is 14.1. The maximum atomic E-state index is 13.2. The quantitative estimate of drug-likeness (QED) is 0.785. The van der Waals surface area contributed by atoms with Crippen LogP contribution in [0.1, 0.15) is 61.0 Å². The van der Waals surface area contributed by atoms with E-state index >= 15 is 0 Å². The number of carbonyl (C=O) groups excluding carboxylic acids is 1. The van der Waals surface area contributed by atoms with Gasteiger partial charge in [-0.3, -0.25) is 9.78 Å². The van der Waals surface area contributed by atoms with Crippen LogP contribution in [0, 0.1) is 0 Å². The second-order valence-corrected chi connectivity index (χ2v) is 10.1. The number of aromatic nitrogens is 1. The van der Waals surface area contributed by atoms with E-state index in [-0.39, 0.29) is 60.1 Å². The zero-order valence-electron chi connectivity index (χ0n) is 17.9. The van der Waals surface area contributed by atoms with E-state index in [0.29, 0.717) is 0 Å². The average molecular weight is 432 g/mol. The van der Waals surface area contributed by atoms with Crippen LogP contribution < -0.4 is 0 Å². The van der Waals surface area contributed by atoms with Crippen LogP contribution in [-0.4, -0.2) is 59.8 Å². The fraction of sp³-hybridized carbons (Fsp3) is 0.455. The van der Waals surface area contributed by atoms with Crippen LogP contribution in [0.3, 0.4) is 0 Å². The molecule has 0 atom stereocenters. The second kappa shape index (κ2) is 8.73. The third-order valence-electron chi connectivity index (χ3n) is 5.48. The van der Waals surface area contributed by atoms with E-state index < -0.39 is 10.0 Å². The van der Waals surface area contributed by atoms with Crippen molar-refractivity contribution in [1.82, 2.24) is 14.2 Å². The summed E-state index contributed by atoms with van der Waals surface area (Å²) in [5.41, 5.74) is 2.04. The van der Waals surface area contributed by atoms with Gasteiger partial charge in [0.2, 0.25) is 10.0 Å². The maximum Gasteiger partial charge on any atom is 0.257 e. The molecule has 3 rings (SSSR count). The average Bonchev–Trinajstić information content (AvgIpc) is 2.73. The number of carbonyl (C=O) groups is 1. The number of rotatable bonds is 5. The molecule has 2 aromatic rings. The largest absolute Gasteiger partial charge is 0.507 e. The van der Waals surface area contributed by atoms with Gasteiger partial charge in [-0.25, -0.2) is 8.42 Å². The molecule has 0 saturated carbocycles. The molecule has 1 aromatic carbocycles. The Kier molecular flexibility index (Phi) is 6.47. The van der Waals surface area contributed by atoms with Crippen molar-refractivity contribution in [1.29, 1.82) is 0 Å². The van der Waals surface area contributed by atoms with Crippen LogP contribution in [-0.2, 0) is 10.0 Å². The predicted molar refractivity (Wildman–Crippen MR) is 115 cm³/mol. The number of aromatic hydroxyl groups is 1. The van der Waals surface area contributed by atoms with Gasteiger partial charge >= 0.3 is 0 Å². The summed E-state index contributed by atoms with van der Waals surface area (Å²) in [6.45, 7) is 8.99. The molecular formula is C22H29N3O4S. The van der Waals surface area contributed by atoms with Crippen molar-refractivity contribution in [2.24, 2.45) is 0 Å². The molecule has 1 aromatic heterocycles. The summed E-state index contributed by atoms with van der Waals surface area (Å²) in [5, 5.41) is 10.7. The minimum atomic E-state index is -3.64. The summed E-state index contributed by atoms with van der Waals surface area (Å²) in [7, 11) is -3.64. The first-order valence-corrected chi connectivity index (χ1v) is 11.6. The monoisotopic (exact) mass is 431 g/mol. The normalized spacial score (nSPS) is 15.7. The van der Waals surface area contributed by atoms with Crippen molar-refractivity contribution in [3.63, 3.8) is 0 Å². The lowest BCUT2D eigenvalue weighted by Crippen LogP contribution is -2.50. The van der Waals surface area contributed by atoms with Gasteiger partial charge in [0.05, 0.1) is 5.56 Å². The number of amides is 1. The predicted octanol–water partition coefficient (Wildman–Crippen LogP) is 3.18. The van der Waals surface area contributed by atoms with Crippen LogP contribution in [0.2, 0.25) is 0 Å². The Labute approximate surface area is 178 Å². The van der Waals surface area contributed by atoms with E-state index in [1.165, 1.54) is 22.8 Å². The number of benzene rings is 1. The van der Waals surface area contributed by atoms with Gasteiger partial charge in [-0.15, -0.1) is 0 Å². The first kappa shape index (κ1) is 22.2. The SMILES string of the molecule is CC(C)c1cc(C(=O)N2CCN(S(=O)(=O)c3cccnc3)CC2)c(O)c(C(C)C)c1.